The maximum absolute atomic E-state index is 10.6. The van der Waals surface area contributed by atoms with E-state index in [2.05, 4.69) is 98.5 Å². The minimum Gasteiger partial charge on any atom is -0.481 e. The standard InChI is InChI=1S/C16H20N2O.C15H24.C9H16O2/c1-18-9-7-14(8-10-18)16-12-15(17-19-16)11-13-5-3-2-4-6-13;1-4-13(3)11-12-14(5-2)15-9-7-6-8-10-15;1-7(9(10)11)8-5-3-2-4-6-8/h2-6,12,14H,7-11H2,1H3;6-10,13-14H,4-5,11-12H2,1-3H3;7-8H,2-6H2,1H3,(H,10,11). The van der Waals surface area contributed by atoms with E-state index in [-0.39, 0.29) is 5.92 Å². The van der Waals surface area contributed by atoms with Gasteiger partial charge in [-0.15, -0.1) is 0 Å². The van der Waals surface area contributed by atoms with Crippen molar-refractivity contribution in [1.82, 2.24) is 10.1 Å². The van der Waals surface area contributed by atoms with E-state index in [1.54, 1.807) is 0 Å². The van der Waals surface area contributed by atoms with Gasteiger partial charge in [0.25, 0.3) is 0 Å². The first-order valence-corrected chi connectivity index (χ1v) is 17.8. The number of carboxylic acid groups (broad SMARTS) is 1. The SMILES string of the molecule is CC(C(=O)O)C1CCCCC1.CCC(C)CCC(CC)c1ccccc1.CN1CCC(c2cc(Cc3ccccc3)no2)CC1. The smallest absolute Gasteiger partial charge is 0.306 e. The van der Waals surface area contributed by atoms with Crippen LogP contribution in [0.3, 0.4) is 0 Å². The van der Waals surface area contributed by atoms with E-state index in [1.807, 2.05) is 13.0 Å². The molecule has 1 saturated heterocycles. The van der Waals surface area contributed by atoms with E-state index >= 15 is 0 Å². The normalized spacial score (nSPS) is 18.1. The summed E-state index contributed by atoms with van der Waals surface area (Å²) >= 11 is 0. The fourth-order valence-corrected chi connectivity index (χ4v) is 6.56. The highest BCUT2D eigenvalue weighted by molar-refractivity contribution is 5.69. The lowest BCUT2D eigenvalue weighted by Gasteiger charge is -2.27. The second-order valence-electron chi connectivity index (χ2n) is 13.6. The summed E-state index contributed by atoms with van der Waals surface area (Å²) < 4.78 is 5.54. The van der Waals surface area contributed by atoms with Gasteiger partial charge >= 0.3 is 5.97 Å². The number of carboxylic acids is 1. The molecular weight excluding hydrogens is 556 g/mol. The summed E-state index contributed by atoms with van der Waals surface area (Å²) in [7, 11) is 2.18. The van der Waals surface area contributed by atoms with Crippen LogP contribution in [0.1, 0.15) is 133 Å². The van der Waals surface area contributed by atoms with Gasteiger partial charge in [0.05, 0.1) is 11.6 Å². The van der Waals surface area contributed by atoms with Crippen LogP contribution in [0.15, 0.2) is 71.3 Å². The average molecular weight is 617 g/mol. The molecule has 1 saturated carbocycles. The molecule has 0 amide bonds. The zero-order valence-electron chi connectivity index (χ0n) is 28.8. The summed E-state index contributed by atoms with van der Waals surface area (Å²) in [6.07, 6.45) is 14.5. The Kier molecular flexibility index (Phi) is 16.4. The van der Waals surface area contributed by atoms with Crippen LogP contribution in [-0.4, -0.2) is 41.3 Å². The summed E-state index contributed by atoms with van der Waals surface area (Å²) in [5, 5.41) is 13.0. The quantitative estimate of drug-likeness (QED) is 0.232. The lowest BCUT2D eigenvalue weighted by Crippen LogP contribution is -2.29. The number of hydrogen-bond acceptors (Lipinski definition) is 4. The highest BCUT2D eigenvalue weighted by atomic mass is 16.5. The van der Waals surface area contributed by atoms with Crippen molar-refractivity contribution in [3.05, 3.63) is 89.3 Å². The van der Waals surface area contributed by atoms with Crippen LogP contribution in [0, 0.1) is 17.8 Å². The molecule has 3 aromatic rings. The highest BCUT2D eigenvalue weighted by Crippen LogP contribution is 2.30. The zero-order valence-corrected chi connectivity index (χ0v) is 28.8. The number of carbonyl (C=O) groups is 1. The maximum Gasteiger partial charge on any atom is 0.306 e. The molecule has 3 unspecified atom stereocenters. The van der Waals surface area contributed by atoms with Crippen LogP contribution in [0.4, 0.5) is 0 Å². The number of hydrogen-bond donors (Lipinski definition) is 1. The van der Waals surface area contributed by atoms with Gasteiger partial charge < -0.3 is 14.5 Å². The van der Waals surface area contributed by atoms with Gasteiger partial charge in [-0.25, -0.2) is 0 Å². The van der Waals surface area contributed by atoms with Gasteiger partial charge in [0.15, 0.2) is 0 Å². The third-order valence-corrected chi connectivity index (χ3v) is 10.1. The number of likely N-dealkylation sites (tertiary alicyclic amines) is 1. The van der Waals surface area contributed by atoms with Crippen LogP contribution in [0.5, 0.6) is 0 Å². The molecule has 1 N–H and O–H groups in total. The van der Waals surface area contributed by atoms with Gasteiger partial charge in [-0.2, -0.15) is 0 Å². The van der Waals surface area contributed by atoms with Crippen LogP contribution in [-0.2, 0) is 11.2 Å². The van der Waals surface area contributed by atoms with Crippen molar-refractivity contribution in [2.75, 3.05) is 20.1 Å². The molecule has 248 valence electrons. The van der Waals surface area contributed by atoms with Crippen molar-refractivity contribution in [2.24, 2.45) is 17.8 Å². The Morgan fingerprint density at radius 3 is 2.09 bits per heavy atom. The summed E-state index contributed by atoms with van der Waals surface area (Å²) in [4.78, 5) is 13.0. The minimum atomic E-state index is -0.628. The Morgan fingerprint density at radius 1 is 0.889 bits per heavy atom. The average Bonchev–Trinajstić information content (AvgIpc) is 3.55. The van der Waals surface area contributed by atoms with Gasteiger partial charge in [-0.1, -0.05) is 126 Å². The molecule has 2 fully saturated rings. The molecule has 1 aromatic heterocycles. The first kappa shape index (κ1) is 36.5. The van der Waals surface area contributed by atoms with Gasteiger partial charge in [0.1, 0.15) is 5.76 Å². The molecule has 3 atom stereocenters. The number of piperidine rings is 1. The third-order valence-electron chi connectivity index (χ3n) is 10.1. The van der Waals surface area contributed by atoms with E-state index in [0.29, 0.717) is 11.8 Å². The monoisotopic (exact) mass is 616 g/mol. The van der Waals surface area contributed by atoms with Crippen molar-refractivity contribution < 1.29 is 14.4 Å². The molecule has 5 nitrogen and oxygen atoms in total. The van der Waals surface area contributed by atoms with Gasteiger partial charge in [0, 0.05) is 18.4 Å². The molecule has 1 aliphatic carbocycles. The number of benzene rings is 2. The first-order chi connectivity index (χ1) is 21.8. The molecule has 5 heteroatoms. The summed E-state index contributed by atoms with van der Waals surface area (Å²) in [6, 6.07) is 23.5. The number of nitrogens with zero attached hydrogens (tertiary/aromatic N) is 2. The molecular formula is C40H60N2O3. The van der Waals surface area contributed by atoms with E-state index in [1.165, 1.54) is 68.9 Å². The first-order valence-electron chi connectivity index (χ1n) is 17.8. The largest absolute Gasteiger partial charge is 0.481 e. The Bertz CT molecular complexity index is 1180. The lowest BCUT2D eigenvalue weighted by atomic mass is 9.81. The van der Waals surface area contributed by atoms with Crippen molar-refractivity contribution in [1.29, 1.82) is 0 Å². The molecule has 45 heavy (non-hydrogen) atoms. The van der Waals surface area contributed by atoms with Gasteiger partial charge in [-0.05, 0) is 87.5 Å². The van der Waals surface area contributed by atoms with Crippen molar-refractivity contribution in [2.45, 2.75) is 117 Å². The Balaban J connectivity index is 0.000000192. The Labute approximate surface area is 273 Å². The van der Waals surface area contributed by atoms with Crippen LogP contribution in [0.2, 0.25) is 0 Å². The second kappa shape index (κ2) is 20.3. The van der Waals surface area contributed by atoms with E-state index in [9.17, 15) is 4.79 Å². The van der Waals surface area contributed by atoms with Crippen molar-refractivity contribution >= 4 is 5.97 Å². The summed E-state index contributed by atoms with van der Waals surface area (Å²) in [5.41, 5.74) is 3.84. The maximum atomic E-state index is 10.6. The molecule has 2 aromatic carbocycles. The Hall–Kier alpha value is -2.92. The molecule has 0 radical (unpaired) electrons. The summed E-state index contributed by atoms with van der Waals surface area (Å²) in [5.74, 6) is 2.95. The molecule has 5 rings (SSSR count). The molecule has 2 heterocycles. The molecule has 2 aliphatic rings. The van der Waals surface area contributed by atoms with Crippen molar-refractivity contribution in [3.8, 4) is 0 Å². The lowest BCUT2D eigenvalue weighted by molar-refractivity contribution is -0.143. The van der Waals surface area contributed by atoms with Crippen LogP contribution in [0.25, 0.3) is 0 Å². The van der Waals surface area contributed by atoms with Gasteiger partial charge in [0.2, 0.25) is 0 Å². The minimum absolute atomic E-state index is 0.129. The highest BCUT2D eigenvalue weighted by Gasteiger charge is 2.25. The van der Waals surface area contributed by atoms with E-state index < -0.39 is 5.97 Å². The predicted molar refractivity (Wildman–Crippen MR) is 187 cm³/mol. The van der Waals surface area contributed by atoms with E-state index in [0.717, 1.165) is 55.6 Å². The predicted octanol–water partition coefficient (Wildman–Crippen LogP) is 10.4. The second-order valence-corrected chi connectivity index (χ2v) is 13.6. The van der Waals surface area contributed by atoms with Gasteiger partial charge in [-0.3, -0.25) is 4.79 Å². The third kappa shape index (κ3) is 13.1. The topological polar surface area (TPSA) is 66.6 Å². The number of aliphatic carboxylic acids is 1. The fraction of sp³-hybridized carbons (Fsp3) is 0.600. The molecule has 0 spiro atoms. The van der Waals surface area contributed by atoms with Crippen LogP contribution < -0.4 is 0 Å². The number of rotatable bonds is 11. The fourth-order valence-electron chi connectivity index (χ4n) is 6.56. The van der Waals surface area contributed by atoms with E-state index in [4.69, 9.17) is 9.63 Å². The van der Waals surface area contributed by atoms with Crippen molar-refractivity contribution in [3.63, 3.8) is 0 Å². The molecule has 1 aliphatic heterocycles. The Morgan fingerprint density at radius 2 is 1.51 bits per heavy atom. The number of aromatic nitrogens is 1. The summed E-state index contributed by atoms with van der Waals surface area (Å²) in [6.45, 7) is 11.1. The zero-order chi connectivity index (χ0) is 32.4. The van der Waals surface area contributed by atoms with Crippen LogP contribution >= 0.6 is 0 Å². The molecule has 0 bridgehead atoms.